The Labute approximate surface area is 241 Å². The van der Waals surface area contributed by atoms with Gasteiger partial charge < -0.3 is 9.29 Å². The van der Waals surface area contributed by atoms with Crippen LogP contribution in [0.4, 0.5) is 13.2 Å². The second-order valence-corrected chi connectivity index (χ2v) is 12.5. The summed E-state index contributed by atoms with van der Waals surface area (Å²) in [7, 11) is -5.84. The molecule has 0 fully saturated rings. The van der Waals surface area contributed by atoms with E-state index < -0.39 is 34.1 Å². The lowest BCUT2D eigenvalue weighted by atomic mass is 10.2. The molecular weight excluding hydrogens is 573 g/mol. The molecule has 1 unspecified atom stereocenters. The van der Waals surface area contributed by atoms with Crippen molar-refractivity contribution >= 4 is 27.0 Å². The van der Waals surface area contributed by atoms with Gasteiger partial charge in [-0.25, -0.2) is 17.6 Å². The molecule has 0 saturated heterocycles. The zero-order valence-corrected chi connectivity index (χ0v) is 23.6. The molecule has 0 aliphatic carbocycles. The summed E-state index contributed by atoms with van der Waals surface area (Å²) in [5.41, 5.74) is 4.30. The third-order valence-electron chi connectivity index (χ3n) is 5.71. The summed E-state index contributed by atoms with van der Waals surface area (Å²) >= 11 is 0. The molecule has 216 valence electrons. The molecular formula is C31H29F3O5S2. The Balaban J connectivity index is 0.000000229. The highest BCUT2D eigenvalue weighted by atomic mass is 32.2. The summed E-state index contributed by atoms with van der Waals surface area (Å²) < 4.78 is 72.9. The standard InChI is InChI=1S/C21H21S.C10H9F3O5S/c1-4-10-19(11-5-1)16-22(17-20-12-6-2-7-13-20)18-21-14-8-3-9-15-21;11-8(10(12,13)19(15,16)17)6-18-9(14)7-4-2-1-3-5-7/h1-15H,16-18H2;1-5,8H,6H2,(H,15,16,17)/q+1;/p-1. The van der Waals surface area contributed by atoms with E-state index in [0.717, 1.165) is 17.3 Å². The monoisotopic (exact) mass is 602 g/mol. The zero-order chi connectivity index (χ0) is 29.7. The number of benzene rings is 4. The second kappa shape index (κ2) is 15.4. The molecule has 0 N–H and O–H groups in total. The van der Waals surface area contributed by atoms with Crippen LogP contribution in [0.15, 0.2) is 121 Å². The Bertz CT molecular complexity index is 1340. The first kappa shape index (κ1) is 31.9. The highest BCUT2D eigenvalue weighted by Crippen LogP contribution is 2.27. The first-order valence-electron chi connectivity index (χ1n) is 12.5. The van der Waals surface area contributed by atoms with E-state index in [9.17, 15) is 30.9 Å². The SMILES string of the molecule is O=C(OCC(F)C(F)(F)S(=O)(=O)[O-])c1ccccc1.c1ccc(C[S+](Cc2ccccc2)Cc2ccccc2)cc1. The fourth-order valence-corrected chi connectivity index (χ4v) is 6.32. The quantitative estimate of drug-likeness (QED) is 0.111. The van der Waals surface area contributed by atoms with Crippen molar-refractivity contribution in [1.82, 2.24) is 0 Å². The molecule has 10 heteroatoms. The van der Waals surface area contributed by atoms with Crippen LogP contribution in [0.5, 0.6) is 0 Å². The molecule has 4 aromatic carbocycles. The van der Waals surface area contributed by atoms with E-state index in [4.69, 9.17) is 0 Å². The largest absolute Gasteiger partial charge is 0.743 e. The number of hydrogen-bond donors (Lipinski definition) is 0. The number of rotatable bonds is 11. The number of carbonyl (C=O) groups is 1. The maximum Gasteiger partial charge on any atom is 0.368 e. The molecule has 0 saturated carbocycles. The van der Waals surface area contributed by atoms with Gasteiger partial charge in [0.1, 0.15) is 23.9 Å². The van der Waals surface area contributed by atoms with Gasteiger partial charge in [0.05, 0.1) is 5.56 Å². The van der Waals surface area contributed by atoms with Gasteiger partial charge in [0.25, 0.3) is 0 Å². The molecule has 0 spiro atoms. The normalized spacial score (nSPS) is 12.2. The van der Waals surface area contributed by atoms with Gasteiger partial charge in [0.15, 0.2) is 10.1 Å². The van der Waals surface area contributed by atoms with Gasteiger partial charge in [-0.1, -0.05) is 109 Å². The molecule has 5 nitrogen and oxygen atoms in total. The van der Waals surface area contributed by atoms with Crippen molar-refractivity contribution < 1.29 is 35.7 Å². The lowest BCUT2D eigenvalue weighted by Crippen LogP contribution is -2.41. The van der Waals surface area contributed by atoms with Gasteiger partial charge in [0.2, 0.25) is 6.17 Å². The van der Waals surface area contributed by atoms with Gasteiger partial charge in [-0.15, -0.1) is 0 Å². The van der Waals surface area contributed by atoms with Gasteiger partial charge in [-0.05, 0) is 12.1 Å². The van der Waals surface area contributed by atoms with Crippen LogP contribution >= 0.6 is 0 Å². The average Bonchev–Trinajstić information content (AvgIpc) is 2.97. The summed E-state index contributed by atoms with van der Waals surface area (Å²) in [5, 5.41) is -5.15. The van der Waals surface area contributed by atoms with Crippen molar-refractivity contribution in [3.05, 3.63) is 144 Å². The molecule has 4 aromatic rings. The Morgan fingerprint density at radius 2 is 1.05 bits per heavy atom. The van der Waals surface area contributed by atoms with Crippen LogP contribution in [0.1, 0.15) is 27.0 Å². The lowest BCUT2D eigenvalue weighted by molar-refractivity contribution is -0.0362. The third-order valence-corrected chi connectivity index (χ3v) is 8.86. The van der Waals surface area contributed by atoms with Crippen LogP contribution in [-0.4, -0.2) is 37.0 Å². The van der Waals surface area contributed by atoms with Crippen molar-refractivity contribution in [1.29, 1.82) is 0 Å². The van der Waals surface area contributed by atoms with E-state index in [2.05, 4.69) is 95.7 Å². The van der Waals surface area contributed by atoms with E-state index in [1.54, 1.807) is 6.07 Å². The number of hydrogen-bond acceptors (Lipinski definition) is 5. The van der Waals surface area contributed by atoms with Crippen molar-refractivity contribution in [3.63, 3.8) is 0 Å². The van der Waals surface area contributed by atoms with E-state index in [1.807, 2.05) is 0 Å². The topological polar surface area (TPSA) is 83.5 Å². The number of ether oxygens (including phenoxy) is 1. The fourth-order valence-electron chi connectivity index (χ4n) is 3.64. The first-order valence-corrected chi connectivity index (χ1v) is 15.7. The molecule has 0 aliphatic heterocycles. The molecule has 0 amide bonds. The van der Waals surface area contributed by atoms with E-state index >= 15 is 0 Å². The molecule has 4 rings (SSSR count). The molecule has 0 heterocycles. The number of halogens is 3. The summed E-state index contributed by atoms with van der Waals surface area (Å²) in [6.45, 7) is -1.54. The minimum atomic E-state index is -6.16. The zero-order valence-electron chi connectivity index (χ0n) is 21.9. The number of carbonyl (C=O) groups excluding carboxylic acids is 1. The van der Waals surface area contributed by atoms with Crippen LogP contribution in [0.3, 0.4) is 0 Å². The van der Waals surface area contributed by atoms with Gasteiger partial charge in [0, 0.05) is 27.6 Å². The van der Waals surface area contributed by atoms with Crippen LogP contribution in [0, 0.1) is 0 Å². The Morgan fingerprint density at radius 1 is 0.707 bits per heavy atom. The Morgan fingerprint density at radius 3 is 1.39 bits per heavy atom. The summed E-state index contributed by atoms with van der Waals surface area (Å²) in [6.07, 6.45) is -3.43. The van der Waals surface area contributed by atoms with Crippen molar-refractivity contribution in [2.24, 2.45) is 0 Å². The Kier molecular flexibility index (Phi) is 12.0. The van der Waals surface area contributed by atoms with Crippen LogP contribution < -0.4 is 0 Å². The van der Waals surface area contributed by atoms with Crippen molar-refractivity contribution in [2.45, 2.75) is 28.7 Å². The fraction of sp³-hybridized carbons (Fsp3) is 0.194. The number of esters is 1. The van der Waals surface area contributed by atoms with E-state index in [0.29, 0.717) is 10.9 Å². The summed E-state index contributed by atoms with van der Waals surface area (Å²) in [4.78, 5) is 11.3. The summed E-state index contributed by atoms with van der Waals surface area (Å²) in [5.74, 6) is 2.36. The van der Waals surface area contributed by atoms with Crippen LogP contribution in [0.2, 0.25) is 0 Å². The molecule has 0 radical (unpaired) electrons. The molecule has 0 aliphatic rings. The Hall–Kier alpha value is -3.60. The van der Waals surface area contributed by atoms with Gasteiger partial charge in [-0.2, -0.15) is 8.78 Å². The maximum absolute atomic E-state index is 12.9. The third kappa shape index (κ3) is 10.4. The smallest absolute Gasteiger partial charge is 0.368 e. The lowest BCUT2D eigenvalue weighted by Gasteiger charge is -2.22. The second-order valence-electron chi connectivity index (χ2n) is 8.95. The molecule has 0 bridgehead atoms. The molecule has 41 heavy (non-hydrogen) atoms. The highest BCUT2D eigenvalue weighted by molar-refractivity contribution is 7.94. The summed E-state index contributed by atoms with van der Waals surface area (Å²) in [6, 6.07) is 39.7. The van der Waals surface area contributed by atoms with Crippen LogP contribution in [-0.2, 0) is 43.0 Å². The predicted octanol–water partition coefficient (Wildman–Crippen LogP) is 6.52. The number of alkyl halides is 3. The van der Waals surface area contributed by atoms with Crippen molar-refractivity contribution in [3.8, 4) is 0 Å². The molecule has 0 aromatic heterocycles. The van der Waals surface area contributed by atoms with Gasteiger partial charge in [-0.3, -0.25) is 0 Å². The van der Waals surface area contributed by atoms with Crippen LogP contribution in [0.25, 0.3) is 0 Å². The minimum Gasteiger partial charge on any atom is -0.743 e. The predicted molar refractivity (Wildman–Crippen MR) is 154 cm³/mol. The van der Waals surface area contributed by atoms with E-state index in [-0.39, 0.29) is 5.56 Å². The van der Waals surface area contributed by atoms with E-state index in [1.165, 1.54) is 41.0 Å². The molecule has 1 atom stereocenters. The first-order chi connectivity index (χ1) is 19.6. The highest BCUT2D eigenvalue weighted by Gasteiger charge is 2.48. The average molecular weight is 603 g/mol. The maximum atomic E-state index is 12.9. The minimum absolute atomic E-state index is 0.0250. The van der Waals surface area contributed by atoms with Crippen molar-refractivity contribution in [2.75, 3.05) is 6.61 Å². The van der Waals surface area contributed by atoms with Gasteiger partial charge >= 0.3 is 11.2 Å².